The maximum atomic E-state index is 12.0. The second-order valence-electron chi connectivity index (χ2n) is 5.57. The summed E-state index contributed by atoms with van der Waals surface area (Å²) in [6, 6.07) is 0. The molecule has 1 saturated heterocycles. The van der Waals surface area contributed by atoms with Gasteiger partial charge in [0.2, 0.25) is 5.91 Å². The highest BCUT2D eigenvalue weighted by Crippen LogP contribution is 2.07. The van der Waals surface area contributed by atoms with Crippen molar-refractivity contribution in [3.63, 3.8) is 0 Å². The third-order valence-electron chi connectivity index (χ3n) is 3.51. The van der Waals surface area contributed by atoms with Crippen LogP contribution >= 0.6 is 0 Å². The normalized spacial score (nSPS) is 19.3. The molecule has 18 heavy (non-hydrogen) atoms. The van der Waals surface area contributed by atoms with Gasteiger partial charge in [-0.2, -0.15) is 0 Å². The highest BCUT2D eigenvalue weighted by molar-refractivity contribution is 5.76. The van der Waals surface area contributed by atoms with Crippen molar-refractivity contribution in [1.29, 1.82) is 0 Å². The van der Waals surface area contributed by atoms with E-state index in [2.05, 4.69) is 23.9 Å². The topological polar surface area (TPSA) is 52.8 Å². The third kappa shape index (κ3) is 5.33. The Morgan fingerprint density at radius 3 is 2.39 bits per heavy atom. The molecule has 1 amide bonds. The first-order chi connectivity index (χ1) is 8.52. The second kappa shape index (κ2) is 7.71. The summed E-state index contributed by atoms with van der Waals surface area (Å²) in [5.74, 6) is 0.560. The van der Waals surface area contributed by atoms with E-state index in [0.29, 0.717) is 18.9 Å². The Bertz CT molecular complexity index is 249. The van der Waals surface area contributed by atoms with E-state index < -0.39 is 0 Å². The molecule has 1 rings (SSSR count). The van der Waals surface area contributed by atoms with Gasteiger partial charge in [0.25, 0.3) is 0 Å². The third-order valence-corrected chi connectivity index (χ3v) is 3.51. The first-order valence-electron chi connectivity index (χ1n) is 6.88. The Labute approximate surface area is 111 Å². The largest absolute Gasteiger partial charge is 0.340 e. The zero-order valence-electron chi connectivity index (χ0n) is 12.1. The van der Waals surface area contributed by atoms with Crippen molar-refractivity contribution >= 4 is 5.91 Å². The van der Waals surface area contributed by atoms with E-state index in [-0.39, 0.29) is 5.91 Å². The molecule has 0 aromatic rings. The van der Waals surface area contributed by atoms with Crippen molar-refractivity contribution in [3.8, 4) is 0 Å². The predicted octanol–water partition coefficient (Wildman–Crippen LogP) is -0.323. The predicted molar refractivity (Wildman–Crippen MR) is 74.4 cm³/mol. The van der Waals surface area contributed by atoms with Crippen LogP contribution in [0.25, 0.3) is 0 Å². The lowest BCUT2D eigenvalue weighted by molar-refractivity contribution is -0.133. The van der Waals surface area contributed by atoms with E-state index >= 15 is 0 Å². The van der Waals surface area contributed by atoms with E-state index in [1.165, 1.54) is 0 Å². The van der Waals surface area contributed by atoms with Crippen molar-refractivity contribution in [3.05, 3.63) is 0 Å². The van der Waals surface area contributed by atoms with Gasteiger partial charge in [-0.25, -0.2) is 0 Å². The van der Waals surface area contributed by atoms with E-state index in [1.54, 1.807) is 0 Å². The standard InChI is InChI=1S/C13H28N4O/c1-12(11-14)10-13(18)17-8-6-16(7-9-17)5-4-15(2)3/h12H,4-11,14H2,1-3H3. The Kier molecular flexibility index (Phi) is 6.60. The zero-order chi connectivity index (χ0) is 13.5. The lowest BCUT2D eigenvalue weighted by Gasteiger charge is -2.35. The van der Waals surface area contributed by atoms with Gasteiger partial charge in [0.15, 0.2) is 0 Å². The van der Waals surface area contributed by atoms with Crippen LogP contribution in [-0.4, -0.2) is 80.5 Å². The number of amides is 1. The fraction of sp³-hybridized carbons (Fsp3) is 0.923. The number of hydrogen-bond donors (Lipinski definition) is 1. The van der Waals surface area contributed by atoms with Gasteiger partial charge in [-0.05, 0) is 26.6 Å². The highest BCUT2D eigenvalue weighted by atomic mass is 16.2. The van der Waals surface area contributed by atoms with Crippen molar-refractivity contribution in [2.75, 3.05) is 59.9 Å². The minimum Gasteiger partial charge on any atom is -0.340 e. The van der Waals surface area contributed by atoms with Crippen molar-refractivity contribution in [2.24, 2.45) is 11.7 Å². The van der Waals surface area contributed by atoms with Crippen LogP contribution in [0.2, 0.25) is 0 Å². The zero-order valence-corrected chi connectivity index (χ0v) is 12.1. The first kappa shape index (κ1) is 15.4. The number of nitrogens with two attached hydrogens (primary N) is 1. The summed E-state index contributed by atoms with van der Waals surface area (Å²) in [4.78, 5) is 18.6. The molecule has 1 atom stereocenters. The number of rotatable bonds is 6. The molecule has 106 valence electrons. The Morgan fingerprint density at radius 2 is 1.89 bits per heavy atom. The molecule has 0 saturated carbocycles. The summed E-state index contributed by atoms with van der Waals surface area (Å²) in [6.45, 7) is 8.52. The number of carbonyl (C=O) groups excluding carboxylic acids is 1. The smallest absolute Gasteiger partial charge is 0.222 e. The fourth-order valence-corrected chi connectivity index (χ4v) is 2.07. The maximum Gasteiger partial charge on any atom is 0.222 e. The molecule has 1 unspecified atom stereocenters. The van der Waals surface area contributed by atoms with E-state index in [9.17, 15) is 4.79 Å². The lowest BCUT2D eigenvalue weighted by Crippen LogP contribution is -2.50. The van der Waals surface area contributed by atoms with Gasteiger partial charge in [0.1, 0.15) is 0 Å². The molecule has 1 fully saturated rings. The lowest BCUT2D eigenvalue weighted by atomic mass is 10.1. The van der Waals surface area contributed by atoms with Crippen LogP contribution in [0, 0.1) is 5.92 Å². The van der Waals surface area contributed by atoms with Gasteiger partial charge in [0.05, 0.1) is 0 Å². The molecule has 5 nitrogen and oxygen atoms in total. The quantitative estimate of drug-likeness (QED) is 0.707. The summed E-state index contributed by atoms with van der Waals surface area (Å²) in [5, 5.41) is 0. The molecule has 0 bridgehead atoms. The Morgan fingerprint density at radius 1 is 1.28 bits per heavy atom. The van der Waals surface area contributed by atoms with E-state index in [4.69, 9.17) is 5.73 Å². The highest BCUT2D eigenvalue weighted by Gasteiger charge is 2.21. The number of hydrogen-bond acceptors (Lipinski definition) is 4. The van der Waals surface area contributed by atoms with Gasteiger partial charge in [0, 0.05) is 45.7 Å². The molecular formula is C13H28N4O. The van der Waals surface area contributed by atoms with E-state index in [0.717, 1.165) is 39.3 Å². The molecule has 0 aromatic carbocycles. The molecule has 0 radical (unpaired) electrons. The number of likely N-dealkylation sites (N-methyl/N-ethyl adjacent to an activating group) is 1. The van der Waals surface area contributed by atoms with Crippen LogP contribution in [0.1, 0.15) is 13.3 Å². The van der Waals surface area contributed by atoms with Crippen LogP contribution in [0.3, 0.4) is 0 Å². The molecule has 2 N–H and O–H groups in total. The van der Waals surface area contributed by atoms with Crippen LogP contribution in [0.5, 0.6) is 0 Å². The average Bonchev–Trinajstić information content (AvgIpc) is 2.36. The SMILES string of the molecule is CC(CN)CC(=O)N1CCN(CCN(C)C)CC1. The minimum absolute atomic E-state index is 0.264. The van der Waals surface area contributed by atoms with Crippen molar-refractivity contribution in [2.45, 2.75) is 13.3 Å². The van der Waals surface area contributed by atoms with Crippen LogP contribution < -0.4 is 5.73 Å². The van der Waals surface area contributed by atoms with Crippen LogP contribution in [0.15, 0.2) is 0 Å². The average molecular weight is 256 g/mol. The van der Waals surface area contributed by atoms with E-state index in [1.807, 2.05) is 11.8 Å². The molecule has 0 aromatic heterocycles. The van der Waals surface area contributed by atoms with Crippen molar-refractivity contribution in [1.82, 2.24) is 14.7 Å². The van der Waals surface area contributed by atoms with Crippen LogP contribution in [-0.2, 0) is 4.79 Å². The summed E-state index contributed by atoms with van der Waals surface area (Å²) in [6.07, 6.45) is 0.591. The monoisotopic (exact) mass is 256 g/mol. The number of nitrogens with zero attached hydrogens (tertiary/aromatic N) is 3. The van der Waals surface area contributed by atoms with Crippen LogP contribution in [0.4, 0.5) is 0 Å². The summed E-state index contributed by atoms with van der Waals surface area (Å²) in [5.41, 5.74) is 5.56. The molecule has 1 aliphatic rings. The molecule has 5 heteroatoms. The molecule has 1 heterocycles. The van der Waals surface area contributed by atoms with Gasteiger partial charge >= 0.3 is 0 Å². The molecular weight excluding hydrogens is 228 g/mol. The Hall–Kier alpha value is -0.650. The maximum absolute atomic E-state index is 12.0. The van der Waals surface area contributed by atoms with Gasteiger partial charge < -0.3 is 15.5 Å². The van der Waals surface area contributed by atoms with Gasteiger partial charge in [-0.15, -0.1) is 0 Å². The van der Waals surface area contributed by atoms with Crippen molar-refractivity contribution < 1.29 is 4.79 Å². The molecule has 0 spiro atoms. The summed E-state index contributed by atoms with van der Waals surface area (Å²) >= 11 is 0. The number of carbonyl (C=O) groups is 1. The molecule has 0 aliphatic carbocycles. The van der Waals surface area contributed by atoms with Gasteiger partial charge in [-0.1, -0.05) is 6.92 Å². The fourth-order valence-electron chi connectivity index (χ4n) is 2.07. The first-order valence-corrected chi connectivity index (χ1v) is 6.88. The number of piperazine rings is 1. The molecule has 1 aliphatic heterocycles. The second-order valence-corrected chi connectivity index (χ2v) is 5.57. The minimum atomic E-state index is 0.264. The van der Waals surface area contributed by atoms with Gasteiger partial charge in [-0.3, -0.25) is 9.69 Å². The Balaban J connectivity index is 2.24. The summed E-state index contributed by atoms with van der Waals surface area (Å²) in [7, 11) is 4.18. The summed E-state index contributed by atoms with van der Waals surface area (Å²) < 4.78 is 0.